The summed E-state index contributed by atoms with van der Waals surface area (Å²) in [5, 5.41) is 7.39. The highest BCUT2D eigenvalue weighted by molar-refractivity contribution is 7.90. The Labute approximate surface area is 123 Å². The summed E-state index contributed by atoms with van der Waals surface area (Å²) < 4.78 is 44.8. The molecule has 2 heterocycles. The number of anilines is 1. The molecule has 1 aromatic heterocycles. The van der Waals surface area contributed by atoms with Gasteiger partial charge in [-0.2, -0.15) is 0 Å². The summed E-state index contributed by atoms with van der Waals surface area (Å²) >= 11 is 0. The average Bonchev–Trinajstić information content (AvgIpc) is 3.10. The van der Waals surface area contributed by atoms with Crippen LogP contribution in [0.5, 0.6) is 0 Å². The smallest absolute Gasteiger partial charge is 0.318 e. The van der Waals surface area contributed by atoms with Gasteiger partial charge >= 0.3 is 6.01 Å². The standard InChI is InChI=1S/C12H19FN4O3S/c1-8-14-15-12(20-8)17-6-9(13)5-10(17)7-16(2)21(18,19)11-3-4-11/h9-11H,3-7H2,1-2H3/t9-,10-/m0/s1. The molecule has 2 fully saturated rings. The van der Waals surface area contributed by atoms with Gasteiger partial charge in [-0.3, -0.25) is 0 Å². The van der Waals surface area contributed by atoms with E-state index in [2.05, 4.69) is 10.2 Å². The lowest BCUT2D eigenvalue weighted by Crippen LogP contribution is -2.42. The number of nitrogens with zero attached hydrogens (tertiary/aromatic N) is 4. The number of hydrogen-bond acceptors (Lipinski definition) is 6. The van der Waals surface area contributed by atoms with Crippen LogP contribution in [0, 0.1) is 6.92 Å². The van der Waals surface area contributed by atoms with E-state index in [1.54, 1.807) is 18.9 Å². The van der Waals surface area contributed by atoms with Crippen LogP contribution in [-0.4, -0.2) is 60.5 Å². The van der Waals surface area contributed by atoms with Crippen molar-refractivity contribution in [2.24, 2.45) is 0 Å². The molecule has 0 spiro atoms. The topological polar surface area (TPSA) is 79.5 Å². The molecular formula is C12H19FN4O3S. The van der Waals surface area contributed by atoms with Crippen molar-refractivity contribution in [3.8, 4) is 0 Å². The van der Waals surface area contributed by atoms with E-state index in [0.717, 1.165) is 12.8 Å². The van der Waals surface area contributed by atoms with E-state index in [0.29, 0.717) is 5.89 Å². The zero-order valence-electron chi connectivity index (χ0n) is 12.1. The van der Waals surface area contributed by atoms with Gasteiger partial charge in [0.25, 0.3) is 0 Å². The molecule has 1 saturated heterocycles. The number of hydrogen-bond donors (Lipinski definition) is 0. The first kappa shape index (κ1) is 14.7. The number of aromatic nitrogens is 2. The Morgan fingerprint density at radius 2 is 2.14 bits per heavy atom. The van der Waals surface area contributed by atoms with Gasteiger partial charge in [0.15, 0.2) is 0 Å². The molecule has 1 aromatic rings. The molecule has 0 aromatic carbocycles. The van der Waals surface area contributed by atoms with Gasteiger partial charge in [-0.15, -0.1) is 5.10 Å². The molecule has 1 aliphatic carbocycles. The zero-order chi connectivity index (χ0) is 15.2. The minimum atomic E-state index is -3.25. The number of likely N-dealkylation sites (N-methyl/N-ethyl adjacent to an activating group) is 1. The van der Waals surface area contributed by atoms with Crippen LogP contribution >= 0.6 is 0 Å². The highest BCUT2D eigenvalue weighted by Crippen LogP contribution is 2.32. The lowest BCUT2D eigenvalue weighted by molar-refractivity contribution is 0.346. The van der Waals surface area contributed by atoms with Crippen molar-refractivity contribution in [2.45, 2.75) is 43.6 Å². The van der Waals surface area contributed by atoms with Crippen molar-refractivity contribution in [1.29, 1.82) is 0 Å². The maximum Gasteiger partial charge on any atom is 0.318 e. The molecule has 0 N–H and O–H groups in total. The Morgan fingerprint density at radius 3 is 2.71 bits per heavy atom. The van der Waals surface area contributed by atoms with E-state index in [1.165, 1.54) is 4.31 Å². The van der Waals surface area contributed by atoms with E-state index in [1.807, 2.05) is 0 Å². The maximum atomic E-state index is 13.7. The monoisotopic (exact) mass is 318 g/mol. The number of sulfonamides is 1. The van der Waals surface area contributed by atoms with E-state index >= 15 is 0 Å². The van der Waals surface area contributed by atoms with Crippen LogP contribution in [0.3, 0.4) is 0 Å². The molecule has 7 nitrogen and oxygen atoms in total. The SMILES string of the molecule is Cc1nnc(N2C[C@@H](F)C[C@H]2CN(C)S(=O)(=O)C2CC2)o1. The Kier molecular flexibility index (Phi) is 3.64. The second-order valence-corrected chi connectivity index (χ2v) is 8.09. The predicted octanol–water partition coefficient (Wildman–Crippen LogP) is 0.719. The van der Waals surface area contributed by atoms with Gasteiger partial charge in [-0.05, 0) is 12.8 Å². The first-order valence-electron chi connectivity index (χ1n) is 7.04. The summed E-state index contributed by atoms with van der Waals surface area (Å²) in [5.74, 6) is 0.407. The summed E-state index contributed by atoms with van der Waals surface area (Å²) in [5.41, 5.74) is 0. The molecule has 0 amide bonds. The lowest BCUT2D eigenvalue weighted by Gasteiger charge is -2.26. The normalized spacial score (nSPS) is 26.8. The van der Waals surface area contributed by atoms with Crippen LogP contribution in [0.2, 0.25) is 0 Å². The molecule has 1 aliphatic heterocycles. The van der Waals surface area contributed by atoms with Gasteiger partial charge in [0.1, 0.15) is 6.17 Å². The fraction of sp³-hybridized carbons (Fsp3) is 0.833. The van der Waals surface area contributed by atoms with Gasteiger partial charge in [-0.1, -0.05) is 5.10 Å². The van der Waals surface area contributed by atoms with E-state index in [-0.39, 0.29) is 36.8 Å². The molecule has 118 valence electrons. The third-order valence-corrected chi connectivity index (χ3v) is 6.30. The summed E-state index contributed by atoms with van der Waals surface area (Å²) in [4.78, 5) is 1.67. The van der Waals surface area contributed by atoms with Crippen molar-refractivity contribution in [1.82, 2.24) is 14.5 Å². The average molecular weight is 318 g/mol. The van der Waals surface area contributed by atoms with E-state index in [9.17, 15) is 12.8 Å². The fourth-order valence-electron chi connectivity index (χ4n) is 2.69. The van der Waals surface area contributed by atoms with Crippen molar-refractivity contribution in [3.63, 3.8) is 0 Å². The van der Waals surface area contributed by atoms with Crippen LogP contribution in [0.1, 0.15) is 25.2 Å². The van der Waals surface area contributed by atoms with Gasteiger partial charge in [-0.25, -0.2) is 17.1 Å². The second kappa shape index (κ2) is 5.20. The molecule has 3 rings (SSSR count). The first-order valence-corrected chi connectivity index (χ1v) is 8.54. The quantitative estimate of drug-likeness (QED) is 0.796. The van der Waals surface area contributed by atoms with Crippen LogP contribution in [0.4, 0.5) is 10.4 Å². The fourth-order valence-corrected chi connectivity index (χ4v) is 4.31. The highest BCUT2D eigenvalue weighted by Gasteiger charge is 2.42. The molecule has 9 heteroatoms. The number of halogens is 1. The van der Waals surface area contributed by atoms with Crippen LogP contribution < -0.4 is 4.90 Å². The Balaban J connectivity index is 1.73. The Morgan fingerprint density at radius 1 is 1.43 bits per heavy atom. The summed E-state index contributed by atoms with van der Waals surface area (Å²) in [6, 6.07) is -0.0201. The van der Waals surface area contributed by atoms with Gasteiger partial charge in [0.2, 0.25) is 15.9 Å². The second-order valence-electron chi connectivity index (χ2n) is 5.77. The van der Waals surface area contributed by atoms with Gasteiger partial charge in [0.05, 0.1) is 17.8 Å². The van der Waals surface area contributed by atoms with Crippen molar-refractivity contribution < 1.29 is 17.2 Å². The Hall–Kier alpha value is -1.22. The van der Waals surface area contributed by atoms with E-state index in [4.69, 9.17) is 4.42 Å². The number of alkyl halides is 1. The molecule has 2 aliphatic rings. The van der Waals surface area contributed by atoms with Crippen LogP contribution in [0.15, 0.2) is 4.42 Å². The molecule has 0 unspecified atom stereocenters. The van der Waals surface area contributed by atoms with E-state index < -0.39 is 16.2 Å². The number of aryl methyl sites for hydroxylation is 1. The maximum absolute atomic E-state index is 13.7. The van der Waals surface area contributed by atoms with Gasteiger partial charge in [0, 0.05) is 26.9 Å². The predicted molar refractivity (Wildman–Crippen MR) is 74.3 cm³/mol. The van der Waals surface area contributed by atoms with Crippen LogP contribution in [0.25, 0.3) is 0 Å². The van der Waals surface area contributed by atoms with Crippen molar-refractivity contribution >= 4 is 16.0 Å². The van der Waals surface area contributed by atoms with Crippen LogP contribution in [-0.2, 0) is 10.0 Å². The molecular weight excluding hydrogens is 299 g/mol. The first-order chi connectivity index (χ1) is 9.88. The molecule has 0 bridgehead atoms. The molecule has 0 radical (unpaired) electrons. The minimum absolute atomic E-state index is 0.156. The Bertz CT molecular complexity index is 616. The lowest BCUT2D eigenvalue weighted by atomic mass is 10.2. The summed E-state index contributed by atoms with van der Waals surface area (Å²) in [6.45, 7) is 2.06. The molecule has 1 saturated carbocycles. The van der Waals surface area contributed by atoms with Gasteiger partial charge < -0.3 is 9.32 Å². The number of rotatable bonds is 5. The summed E-state index contributed by atoms with van der Waals surface area (Å²) in [7, 11) is -1.70. The zero-order valence-corrected chi connectivity index (χ0v) is 12.9. The third-order valence-electron chi connectivity index (χ3n) is 3.97. The third kappa shape index (κ3) is 2.89. The highest BCUT2D eigenvalue weighted by atomic mass is 32.2. The molecule has 2 atom stereocenters. The van der Waals surface area contributed by atoms with Crippen molar-refractivity contribution in [3.05, 3.63) is 5.89 Å². The summed E-state index contributed by atoms with van der Waals surface area (Å²) in [6.07, 6.45) is 0.691. The minimum Gasteiger partial charge on any atom is -0.408 e. The van der Waals surface area contributed by atoms with Crippen molar-refractivity contribution in [2.75, 3.05) is 25.0 Å². The largest absolute Gasteiger partial charge is 0.408 e. The molecule has 21 heavy (non-hydrogen) atoms.